The molecule has 2 rings (SSSR count). The number of anilines is 1. The molecule has 7 heteroatoms. The fourth-order valence-corrected chi connectivity index (χ4v) is 2.93. The fraction of sp³-hybridized carbons (Fsp3) is 0.167. The van der Waals surface area contributed by atoms with Gasteiger partial charge in [0, 0.05) is 18.0 Å². The van der Waals surface area contributed by atoms with Gasteiger partial charge in [-0.2, -0.15) is 0 Å². The van der Waals surface area contributed by atoms with Crippen LogP contribution in [-0.2, 0) is 16.4 Å². The van der Waals surface area contributed by atoms with E-state index in [0.717, 1.165) is 0 Å². The summed E-state index contributed by atoms with van der Waals surface area (Å²) in [6.07, 6.45) is 2.01. The molecule has 5 nitrogen and oxygen atoms in total. The van der Waals surface area contributed by atoms with E-state index in [4.69, 9.17) is 21.8 Å². The van der Waals surface area contributed by atoms with Gasteiger partial charge in [0.1, 0.15) is 10.7 Å². The summed E-state index contributed by atoms with van der Waals surface area (Å²) in [5, 5.41) is 0.395. The Hall–Kier alpha value is -1.50. The van der Waals surface area contributed by atoms with Crippen molar-refractivity contribution in [2.24, 2.45) is 0 Å². The first-order valence-electron chi connectivity index (χ1n) is 5.56. The second-order valence-corrected chi connectivity index (χ2v) is 6.08. The van der Waals surface area contributed by atoms with E-state index in [9.17, 15) is 8.42 Å². The Bertz CT molecular complexity index is 654. The van der Waals surface area contributed by atoms with Crippen LogP contribution < -0.4 is 10.5 Å². The van der Waals surface area contributed by atoms with Crippen molar-refractivity contribution in [2.45, 2.75) is 11.3 Å². The summed E-state index contributed by atoms with van der Waals surface area (Å²) in [4.78, 5) is 0.0244. The highest BCUT2D eigenvalue weighted by atomic mass is 35.5. The van der Waals surface area contributed by atoms with Crippen molar-refractivity contribution in [1.82, 2.24) is 4.72 Å². The fourth-order valence-electron chi connectivity index (χ4n) is 1.61. The highest BCUT2D eigenvalue weighted by Gasteiger charge is 2.17. The van der Waals surface area contributed by atoms with Gasteiger partial charge in [-0.3, -0.25) is 0 Å². The SMILES string of the molecule is Nc1cc(Cl)ccc1S(=O)(=O)NCCc1ccco1. The van der Waals surface area contributed by atoms with Gasteiger partial charge >= 0.3 is 0 Å². The molecular weight excluding hydrogens is 288 g/mol. The Balaban J connectivity index is 2.05. The van der Waals surface area contributed by atoms with Crippen molar-refractivity contribution in [3.63, 3.8) is 0 Å². The zero-order valence-electron chi connectivity index (χ0n) is 9.97. The van der Waals surface area contributed by atoms with Gasteiger partial charge in [0.25, 0.3) is 0 Å². The normalized spacial score (nSPS) is 11.6. The zero-order chi connectivity index (χ0) is 13.9. The van der Waals surface area contributed by atoms with E-state index >= 15 is 0 Å². The summed E-state index contributed by atoms with van der Waals surface area (Å²) >= 11 is 5.73. The van der Waals surface area contributed by atoms with Crippen molar-refractivity contribution in [3.05, 3.63) is 47.4 Å². The topological polar surface area (TPSA) is 85.3 Å². The number of nitrogens with two attached hydrogens (primary N) is 1. The van der Waals surface area contributed by atoms with Crippen LogP contribution in [0, 0.1) is 0 Å². The monoisotopic (exact) mass is 300 g/mol. The maximum atomic E-state index is 12.0. The highest BCUT2D eigenvalue weighted by Crippen LogP contribution is 2.22. The van der Waals surface area contributed by atoms with E-state index in [1.54, 1.807) is 18.4 Å². The zero-order valence-corrected chi connectivity index (χ0v) is 11.5. The van der Waals surface area contributed by atoms with Crippen LogP contribution in [0.3, 0.4) is 0 Å². The molecule has 0 amide bonds. The molecule has 19 heavy (non-hydrogen) atoms. The summed E-state index contributed by atoms with van der Waals surface area (Å²) in [5.74, 6) is 0.715. The van der Waals surface area contributed by atoms with Crippen molar-refractivity contribution in [3.8, 4) is 0 Å². The number of nitrogens with one attached hydrogen (secondary N) is 1. The number of furan rings is 1. The maximum Gasteiger partial charge on any atom is 0.242 e. The van der Waals surface area contributed by atoms with Gasteiger partial charge in [0.2, 0.25) is 10.0 Å². The van der Waals surface area contributed by atoms with Gasteiger partial charge < -0.3 is 10.2 Å². The lowest BCUT2D eigenvalue weighted by atomic mass is 10.3. The summed E-state index contributed by atoms with van der Waals surface area (Å²) < 4.78 is 31.6. The van der Waals surface area contributed by atoms with E-state index < -0.39 is 10.0 Å². The van der Waals surface area contributed by atoms with Gasteiger partial charge in [-0.05, 0) is 30.3 Å². The lowest BCUT2D eigenvalue weighted by molar-refractivity contribution is 0.506. The maximum absolute atomic E-state index is 12.0. The molecule has 0 fully saturated rings. The second kappa shape index (κ2) is 5.64. The minimum atomic E-state index is -3.64. The van der Waals surface area contributed by atoms with Crippen molar-refractivity contribution in [1.29, 1.82) is 0 Å². The molecule has 0 aliphatic heterocycles. The molecule has 0 aliphatic carbocycles. The summed E-state index contributed by atoms with van der Waals surface area (Å²) in [7, 11) is -3.64. The Labute approximate surface area is 116 Å². The van der Waals surface area contributed by atoms with Crippen LogP contribution in [0.1, 0.15) is 5.76 Å². The molecular formula is C12H13ClN2O3S. The van der Waals surface area contributed by atoms with Crippen molar-refractivity contribution >= 4 is 27.3 Å². The second-order valence-electron chi connectivity index (χ2n) is 3.91. The van der Waals surface area contributed by atoms with Crippen LogP contribution in [-0.4, -0.2) is 15.0 Å². The third kappa shape index (κ3) is 3.50. The molecule has 0 spiro atoms. The predicted molar refractivity (Wildman–Crippen MR) is 73.5 cm³/mol. The van der Waals surface area contributed by atoms with E-state index in [0.29, 0.717) is 17.2 Å². The molecule has 0 aliphatic rings. The first kappa shape index (κ1) is 13.9. The molecule has 1 heterocycles. The molecule has 3 N–H and O–H groups in total. The summed E-state index contributed by atoms with van der Waals surface area (Å²) in [5.41, 5.74) is 5.77. The molecule has 102 valence electrons. The van der Waals surface area contributed by atoms with Crippen LogP contribution in [0.25, 0.3) is 0 Å². The Morgan fingerprint density at radius 1 is 1.32 bits per heavy atom. The van der Waals surface area contributed by atoms with Crippen LogP contribution in [0.5, 0.6) is 0 Å². The highest BCUT2D eigenvalue weighted by molar-refractivity contribution is 7.89. The number of nitrogen functional groups attached to an aromatic ring is 1. The lowest BCUT2D eigenvalue weighted by Crippen LogP contribution is -2.26. The Kier molecular flexibility index (Phi) is 4.14. The lowest BCUT2D eigenvalue weighted by Gasteiger charge is -2.08. The average Bonchev–Trinajstić information content (AvgIpc) is 2.81. The van der Waals surface area contributed by atoms with E-state index in [1.807, 2.05) is 0 Å². The van der Waals surface area contributed by atoms with E-state index in [-0.39, 0.29) is 17.1 Å². The van der Waals surface area contributed by atoms with Crippen LogP contribution in [0.15, 0.2) is 45.9 Å². The van der Waals surface area contributed by atoms with Gasteiger partial charge in [-0.1, -0.05) is 11.6 Å². The quantitative estimate of drug-likeness (QED) is 0.827. The van der Waals surface area contributed by atoms with Crippen molar-refractivity contribution in [2.75, 3.05) is 12.3 Å². The number of hydrogen-bond donors (Lipinski definition) is 2. The van der Waals surface area contributed by atoms with Gasteiger partial charge in [-0.25, -0.2) is 13.1 Å². The molecule has 1 aromatic heterocycles. The molecule has 0 saturated carbocycles. The van der Waals surface area contributed by atoms with Crippen LogP contribution in [0.4, 0.5) is 5.69 Å². The third-order valence-corrected chi connectivity index (χ3v) is 4.28. The molecule has 2 aromatic rings. The largest absolute Gasteiger partial charge is 0.469 e. The summed E-state index contributed by atoms with van der Waals surface area (Å²) in [6.45, 7) is 0.234. The predicted octanol–water partition coefficient (Wildman–Crippen LogP) is 2.04. The molecule has 0 saturated heterocycles. The number of halogens is 1. The first-order valence-corrected chi connectivity index (χ1v) is 7.42. The van der Waals surface area contributed by atoms with Crippen molar-refractivity contribution < 1.29 is 12.8 Å². The molecule has 0 atom stereocenters. The number of rotatable bonds is 5. The van der Waals surface area contributed by atoms with E-state index in [2.05, 4.69) is 4.72 Å². The Morgan fingerprint density at radius 2 is 2.11 bits per heavy atom. The van der Waals surface area contributed by atoms with Gasteiger partial charge in [-0.15, -0.1) is 0 Å². The number of benzene rings is 1. The molecule has 0 bridgehead atoms. The summed E-state index contributed by atoms with van der Waals surface area (Å²) in [6, 6.07) is 7.81. The van der Waals surface area contributed by atoms with Gasteiger partial charge in [0.15, 0.2) is 0 Å². The smallest absolute Gasteiger partial charge is 0.242 e. The van der Waals surface area contributed by atoms with Crippen LogP contribution in [0.2, 0.25) is 5.02 Å². The number of hydrogen-bond acceptors (Lipinski definition) is 4. The number of sulfonamides is 1. The minimum absolute atomic E-state index is 0.0244. The minimum Gasteiger partial charge on any atom is -0.469 e. The molecule has 0 unspecified atom stereocenters. The molecule has 0 radical (unpaired) electrons. The standard InChI is InChI=1S/C12H13ClN2O3S/c13-9-3-4-12(11(14)8-9)19(16,17)15-6-5-10-2-1-7-18-10/h1-4,7-8,15H,5-6,14H2. The molecule has 1 aromatic carbocycles. The Morgan fingerprint density at radius 3 is 2.74 bits per heavy atom. The average molecular weight is 301 g/mol. The van der Waals surface area contributed by atoms with E-state index in [1.165, 1.54) is 18.2 Å². The third-order valence-electron chi connectivity index (χ3n) is 2.50. The first-order chi connectivity index (χ1) is 8.99. The van der Waals surface area contributed by atoms with Crippen LogP contribution >= 0.6 is 11.6 Å². The van der Waals surface area contributed by atoms with Gasteiger partial charge in [0.05, 0.1) is 12.0 Å².